The van der Waals surface area contributed by atoms with E-state index in [1.165, 1.54) is 5.56 Å². The number of rotatable bonds is 8. The summed E-state index contributed by atoms with van der Waals surface area (Å²) in [5.41, 5.74) is 4.20. The molecule has 4 N–H and O–H groups in total. The normalized spacial score (nSPS) is 13.2. The molecule has 0 aliphatic heterocycles. The minimum atomic E-state index is -0.265. The van der Waals surface area contributed by atoms with Crippen molar-refractivity contribution in [2.75, 3.05) is 11.9 Å². The Bertz CT molecular complexity index is 1210. The number of hydrogen-bond donors (Lipinski definition) is 4. The zero-order valence-corrected chi connectivity index (χ0v) is 18.4. The number of hydrogen-bond acceptors (Lipinski definition) is 4. The highest BCUT2D eigenvalue weighted by Crippen LogP contribution is 2.28. The standard InChI is InChI=1S/C24H26N4O2S/c1-3-15(2)16-6-8-17(9-7-16)23(21-5-4-12-31-21)25-14-22(29)26-18-10-11-19-20(13-18)28-24(30)27-19/h4-13,15,23,25H,3,14H2,1-2H3,(H,26,29)(H2,27,28,30)/t15-,23+/m0/s1. The van der Waals surface area contributed by atoms with Crippen LogP contribution in [0.15, 0.2) is 64.8 Å². The molecule has 2 heterocycles. The Morgan fingerprint density at radius 2 is 1.77 bits per heavy atom. The summed E-state index contributed by atoms with van der Waals surface area (Å²) in [6.07, 6.45) is 1.11. The second-order valence-corrected chi connectivity index (χ2v) is 8.67. The Kier molecular flexibility index (Phi) is 6.34. The Morgan fingerprint density at radius 1 is 1.03 bits per heavy atom. The molecule has 0 bridgehead atoms. The van der Waals surface area contributed by atoms with Crippen molar-refractivity contribution >= 4 is 34.0 Å². The van der Waals surface area contributed by atoms with E-state index in [0.29, 0.717) is 22.6 Å². The minimum absolute atomic E-state index is 0.0553. The van der Waals surface area contributed by atoms with E-state index in [1.54, 1.807) is 29.5 Å². The van der Waals surface area contributed by atoms with E-state index in [2.05, 4.69) is 64.8 Å². The molecular weight excluding hydrogens is 408 g/mol. The molecule has 0 radical (unpaired) electrons. The second kappa shape index (κ2) is 9.32. The lowest BCUT2D eigenvalue weighted by atomic mass is 9.95. The van der Waals surface area contributed by atoms with Crippen LogP contribution in [0.3, 0.4) is 0 Å². The molecule has 0 saturated heterocycles. The molecule has 0 aliphatic rings. The van der Waals surface area contributed by atoms with E-state index in [4.69, 9.17) is 0 Å². The van der Waals surface area contributed by atoms with E-state index < -0.39 is 0 Å². The first-order valence-electron chi connectivity index (χ1n) is 10.4. The lowest BCUT2D eigenvalue weighted by molar-refractivity contribution is -0.115. The van der Waals surface area contributed by atoms with Gasteiger partial charge in [0.25, 0.3) is 0 Å². The molecule has 2 aromatic carbocycles. The highest BCUT2D eigenvalue weighted by molar-refractivity contribution is 7.10. The molecule has 2 atom stereocenters. The predicted molar refractivity (Wildman–Crippen MR) is 127 cm³/mol. The second-order valence-electron chi connectivity index (χ2n) is 7.69. The number of anilines is 1. The van der Waals surface area contributed by atoms with E-state index in [1.807, 2.05) is 11.4 Å². The van der Waals surface area contributed by atoms with Gasteiger partial charge in [-0.05, 0) is 53.1 Å². The van der Waals surface area contributed by atoms with Crippen LogP contribution in [0.5, 0.6) is 0 Å². The number of carbonyl (C=O) groups excluding carboxylic acids is 1. The average molecular weight is 435 g/mol. The number of benzene rings is 2. The quantitative estimate of drug-likeness (QED) is 0.323. The smallest absolute Gasteiger partial charge is 0.323 e. The minimum Gasteiger partial charge on any atom is -0.325 e. The van der Waals surface area contributed by atoms with Gasteiger partial charge in [-0.2, -0.15) is 0 Å². The number of fused-ring (bicyclic) bond motifs is 1. The molecule has 0 saturated carbocycles. The van der Waals surface area contributed by atoms with Gasteiger partial charge in [-0.3, -0.25) is 10.1 Å². The van der Waals surface area contributed by atoms with Crippen molar-refractivity contribution in [3.63, 3.8) is 0 Å². The number of nitrogens with one attached hydrogen (secondary N) is 4. The van der Waals surface area contributed by atoms with Gasteiger partial charge in [0.2, 0.25) is 5.91 Å². The Labute approximate surface area is 184 Å². The third-order valence-electron chi connectivity index (χ3n) is 5.55. The molecule has 31 heavy (non-hydrogen) atoms. The van der Waals surface area contributed by atoms with Gasteiger partial charge >= 0.3 is 5.69 Å². The maximum absolute atomic E-state index is 12.6. The van der Waals surface area contributed by atoms with Gasteiger partial charge in [0.15, 0.2) is 0 Å². The SMILES string of the molecule is CC[C@H](C)c1ccc([C@@H](NCC(=O)Nc2ccc3[nH]c(=O)[nH]c3c2)c2cccs2)cc1. The van der Waals surface area contributed by atoms with Crippen molar-refractivity contribution in [1.29, 1.82) is 0 Å². The number of imidazole rings is 1. The number of carbonyl (C=O) groups is 1. The van der Waals surface area contributed by atoms with Gasteiger partial charge in [-0.1, -0.05) is 44.2 Å². The van der Waals surface area contributed by atoms with Gasteiger partial charge in [0.05, 0.1) is 23.6 Å². The summed E-state index contributed by atoms with van der Waals surface area (Å²) < 4.78 is 0. The maximum Gasteiger partial charge on any atom is 0.323 e. The van der Waals surface area contributed by atoms with Crippen molar-refractivity contribution in [3.05, 3.63) is 86.5 Å². The molecule has 4 rings (SSSR count). The van der Waals surface area contributed by atoms with Crippen LogP contribution in [-0.4, -0.2) is 22.4 Å². The number of thiophene rings is 1. The van der Waals surface area contributed by atoms with Gasteiger partial charge in [0, 0.05) is 10.6 Å². The summed E-state index contributed by atoms with van der Waals surface area (Å²) in [6.45, 7) is 4.59. The van der Waals surface area contributed by atoms with Crippen LogP contribution in [0.1, 0.15) is 48.2 Å². The van der Waals surface area contributed by atoms with Crippen molar-refractivity contribution in [1.82, 2.24) is 15.3 Å². The fraction of sp³-hybridized carbons (Fsp3) is 0.250. The van der Waals surface area contributed by atoms with Crippen LogP contribution in [0, 0.1) is 0 Å². The van der Waals surface area contributed by atoms with Crippen LogP contribution in [0.25, 0.3) is 11.0 Å². The number of aromatic amines is 2. The fourth-order valence-corrected chi connectivity index (χ4v) is 4.43. The van der Waals surface area contributed by atoms with Gasteiger partial charge in [-0.25, -0.2) is 4.79 Å². The maximum atomic E-state index is 12.6. The molecule has 160 valence electrons. The predicted octanol–water partition coefficient (Wildman–Crippen LogP) is 4.75. The number of H-pyrrole nitrogens is 2. The largest absolute Gasteiger partial charge is 0.325 e. The van der Waals surface area contributed by atoms with E-state index in [-0.39, 0.29) is 24.2 Å². The Hall–Kier alpha value is -3.16. The number of aromatic nitrogens is 2. The molecule has 0 spiro atoms. The van der Waals surface area contributed by atoms with E-state index in [9.17, 15) is 9.59 Å². The highest BCUT2D eigenvalue weighted by atomic mass is 32.1. The van der Waals surface area contributed by atoms with Gasteiger partial charge < -0.3 is 15.3 Å². The van der Waals surface area contributed by atoms with Crippen LogP contribution < -0.4 is 16.3 Å². The van der Waals surface area contributed by atoms with Crippen molar-refractivity contribution in [2.45, 2.75) is 32.2 Å². The van der Waals surface area contributed by atoms with Crippen molar-refractivity contribution < 1.29 is 4.79 Å². The molecular formula is C24H26N4O2S. The van der Waals surface area contributed by atoms with Gasteiger partial charge in [0.1, 0.15) is 0 Å². The first-order chi connectivity index (χ1) is 15.0. The zero-order valence-electron chi connectivity index (χ0n) is 17.6. The van der Waals surface area contributed by atoms with Gasteiger partial charge in [-0.15, -0.1) is 11.3 Å². The summed E-state index contributed by atoms with van der Waals surface area (Å²) in [4.78, 5) is 30.6. The number of amides is 1. The van der Waals surface area contributed by atoms with Crippen LogP contribution in [0.4, 0.5) is 5.69 Å². The molecule has 0 fully saturated rings. The molecule has 2 aromatic heterocycles. The van der Waals surface area contributed by atoms with Crippen LogP contribution >= 0.6 is 11.3 Å². The molecule has 0 aliphatic carbocycles. The summed E-state index contributed by atoms with van der Waals surface area (Å²) in [5.74, 6) is 0.385. The Balaban J connectivity index is 1.45. The first kappa shape index (κ1) is 21.1. The summed E-state index contributed by atoms with van der Waals surface area (Å²) in [7, 11) is 0. The average Bonchev–Trinajstić information content (AvgIpc) is 3.42. The van der Waals surface area contributed by atoms with Crippen LogP contribution in [-0.2, 0) is 4.79 Å². The van der Waals surface area contributed by atoms with Crippen molar-refractivity contribution in [2.24, 2.45) is 0 Å². The van der Waals surface area contributed by atoms with Crippen molar-refractivity contribution in [3.8, 4) is 0 Å². The lowest BCUT2D eigenvalue weighted by Gasteiger charge is -2.19. The monoisotopic (exact) mass is 434 g/mol. The lowest BCUT2D eigenvalue weighted by Crippen LogP contribution is -2.31. The van der Waals surface area contributed by atoms with Crippen LogP contribution in [0.2, 0.25) is 0 Å². The summed E-state index contributed by atoms with van der Waals surface area (Å²) >= 11 is 1.67. The third-order valence-corrected chi connectivity index (χ3v) is 6.48. The Morgan fingerprint density at radius 3 is 2.48 bits per heavy atom. The molecule has 4 aromatic rings. The van der Waals surface area contributed by atoms with E-state index >= 15 is 0 Å². The third kappa shape index (κ3) is 4.95. The first-order valence-corrected chi connectivity index (χ1v) is 11.3. The van der Waals surface area contributed by atoms with E-state index in [0.717, 1.165) is 16.9 Å². The molecule has 0 unspecified atom stereocenters. The fourth-order valence-electron chi connectivity index (χ4n) is 3.60. The molecule has 7 heteroatoms. The summed E-state index contributed by atoms with van der Waals surface area (Å²) in [5, 5.41) is 8.34. The zero-order chi connectivity index (χ0) is 21.8. The molecule has 1 amide bonds. The molecule has 6 nitrogen and oxygen atoms in total. The topological polar surface area (TPSA) is 89.8 Å². The highest BCUT2D eigenvalue weighted by Gasteiger charge is 2.17. The summed E-state index contributed by atoms with van der Waals surface area (Å²) in [6, 6.07) is 18.0.